The number of benzene rings is 3. The zero-order valence-electron chi connectivity index (χ0n) is 19.6. The molecule has 5 aromatic rings. The van der Waals surface area contributed by atoms with E-state index < -0.39 is 0 Å². The van der Waals surface area contributed by atoms with Crippen LogP contribution in [0.15, 0.2) is 69.9 Å². The van der Waals surface area contributed by atoms with E-state index in [4.69, 9.17) is 10.8 Å². The molecule has 7 heteroatoms. The van der Waals surface area contributed by atoms with Crippen LogP contribution in [0, 0.1) is 26.2 Å². The number of rotatable bonds is 5. The molecule has 0 aliphatic carbocycles. The number of H-pyrrole nitrogens is 1. The van der Waals surface area contributed by atoms with Gasteiger partial charge in [-0.05, 0) is 61.9 Å². The van der Waals surface area contributed by atoms with E-state index in [0.29, 0.717) is 28.1 Å². The third-order valence-electron chi connectivity index (χ3n) is 6.04. The van der Waals surface area contributed by atoms with Crippen LogP contribution in [-0.2, 0) is 0 Å². The van der Waals surface area contributed by atoms with Gasteiger partial charge in [-0.2, -0.15) is 5.21 Å². The minimum Gasteiger partial charge on any atom is -0.455 e. The standard InChI is InChI=1S/C28H23N5O2/c1-5-19-9-8-10-20(15-19)26-17(3)25(34)23-14-16(2)13-22(27(23)35-26)18(4)29-24-12-7-6-11-21(24)28-30-32-33-31-28/h1,6-15,18,29H,2-4H3,(H,30,31,32,33)/t18-/m1/s1. The second kappa shape index (κ2) is 8.92. The Bertz CT molecular complexity index is 1650. The van der Waals surface area contributed by atoms with E-state index in [1.165, 1.54) is 0 Å². The first-order valence-corrected chi connectivity index (χ1v) is 11.2. The lowest BCUT2D eigenvalue weighted by Crippen LogP contribution is -2.13. The smallest absolute Gasteiger partial charge is 0.206 e. The number of tetrazole rings is 1. The lowest BCUT2D eigenvalue weighted by atomic mass is 9.98. The van der Waals surface area contributed by atoms with Gasteiger partial charge in [-0.15, -0.1) is 16.6 Å². The summed E-state index contributed by atoms with van der Waals surface area (Å²) in [5.74, 6) is 3.65. The average Bonchev–Trinajstić information content (AvgIpc) is 3.41. The predicted octanol–water partition coefficient (Wildman–Crippen LogP) is 5.41. The lowest BCUT2D eigenvalue weighted by Gasteiger charge is -2.20. The molecule has 0 saturated heterocycles. The average molecular weight is 462 g/mol. The Balaban J connectivity index is 1.65. The first-order chi connectivity index (χ1) is 17.0. The molecule has 2 N–H and O–H groups in total. The highest BCUT2D eigenvalue weighted by Crippen LogP contribution is 2.34. The van der Waals surface area contributed by atoms with Gasteiger partial charge in [-0.1, -0.05) is 36.3 Å². The molecule has 0 amide bonds. The summed E-state index contributed by atoms with van der Waals surface area (Å²) >= 11 is 0. The van der Waals surface area contributed by atoms with Crippen LogP contribution in [0.4, 0.5) is 5.69 Å². The van der Waals surface area contributed by atoms with Gasteiger partial charge < -0.3 is 9.73 Å². The Morgan fingerprint density at radius 3 is 2.69 bits per heavy atom. The number of hydrogen-bond donors (Lipinski definition) is 2. The Labute approximate surface area is 202 Å². The van der Waals surface area contributed by atoms with Crippen molar-refractivity contribution in [2.24, 2.45) is 0 Å². The van der Waals surface area contributed by atoms with Gasteiger partial charge in [0.1, 0.15) is 11.3 Å². The second-order valence-electron chi connectivity index (χ2n) is 8.49. The molecule has 2 aromatic heterocycles. The molecule has 1 atom stereocenters. The van der Waals surface area contributed by atoms with Gasteiger partial charge in [0, 0.05) is 33.5 Å². The van der Waals surface area contributed by atoms with Crippen molar-refractivity contribution in [1.29, 1.82) is 0 Å². The number of fused-ring (bicyclic) bond motifs is 1. The number of terminal acetylenes is 1. The van der Waals surface area contributed by atoms with E-state index in [1.54, 1.807) is 6.92 Å². The number of aromatic nitrogens is 4. The molecule has 0 bridgehead atoms. The molecule has 35 heavy (non-hydrogen) atoms. The molecule has 3 aromatic carbocycles. The van der Waals surface area contributed by atoms with Gasteiger partial charge in [0.15, 0.2) is 5.43 Å². The van der Waals surface area contributed by atoms with Crippen molar-refractivity contribution in [2.75, 3.05) is 5.32 Å². The quantitative estimate of drug-likeness (QED) is 0.340. The first-order valence-electron chi connectivity index (χ1n) is 11.2. The minimum absolute atomic E-state index is 0.0586. The highest BCUT2D eigenvalue weighted by atomic mass is 16.3. The van der Waals surface area contributed by atoms with Crippen LogP contribution in [0.2, 0.25) is 0 Å². The normalized spacial score (nSPS) is 11.8. The molecule has 0 radical (unpaired) electrons. The minimum atomic E-state index is -0.193. The summed E-state index contributed by atoms with van der Waals surface area (Å²) < 4.78 is 6.46. The molecule has 0 aliphatic heterocycles. The van der Waals surface area contributed by atoms with Gasteiger partial charge >= 0.3 is 0 Å². The van der Waals surface area contributed by atoms with Crippen molar-refractivity contribution in [3.63, 3.8) is 0 Å². The topological polar surface area (TPSA) is 96.7 Å². The highest BCUT2D eigenvalue weighted by Gasteiger charge is 2.20. The summed E-state index contributed by atoms with van der Waals surface area (Å²) in [5, 5.41) is 18.5. The van der Waals surface area contributed by atoms with E-state index in [9.17, 15) is 4.79 Å². The van der Waals surface area contributed by atoms with Crippen LogP contribution in [0.25, 0.3) is 33.7 Å². The molecule has 2 heterocycles. The summed E-state index contributed by atoms with van der Waals surface area (Å²) in [6.45, 7) is 5.79. The molecule has 0 unspecified atom stereocenters. The summed E-state index contributed by atoms with van der Waals surface area (Å²) in [7, 11) is 0. The van der Waals surface area contributed by atoms with Gasteiger partial charge in [0.05, 0.1) is 11.4 Å². The first kappa shape index (κ1) is 22.1. The van der Waals surface area contributed by atoms with Crippen LogP contribution in [-0.4, -0.2) is 20.6 Å². The van der Waals surface area contributed by atoms with Gasteiger partial charge in [-0.3, -0.25) is 4.79 Å². The fourth-order valence-electron chi connectivity index (χ4n) is 4.31. The largest absolute Gasteiger partial charge is 0.455 e. The number of para-hydroxylation sites is 1. The maximum absolute atomic E-state index is 13.4. The summed E-state index contributed by atoms with van der Waals surface area (Å²) in [4.78, 5) is 13.4. The van der Waals surface area contributed by atoms with E-state index in [1.807, 2.05) is 74.5 Å². The molecule has 0 aliphatic rings. The zero-order chi connectivity index (χ0) is 24.5. The Kier molecular flexibility index (Phi) is 5.63. The number of nitrogens with zero attached hydrogens (tertiary/aromatic N) is 3. The number of aromatic amines is 1. The van der Waals surface area contributed by atoms with Crippen LogP contribution in [0.3, 0.4) is 0 Å². The van der Waals surface area contributed by atoms with Crippen LogP contribution >= 0.6 is 0 Å². The SMILES string of the molecule is C#Cc1cccc(-c2oc3c([C@@H](C)Nc4ccccc4-c4nn[nH]n4)cc(C)cc3c(=O)c2C)c1. The van der Waals surface area contributed by atoms with Gasteiger partial charge in [0.25, 0.3) is 0 Å². The number of anilines is 1. The number of hydrogen-bond acceptors (Lipinski definition) is 6. The van der Waals surface area contributed by atoms with Crippen LogP contribution < -0.4 is 10.7 Å². The second-order valence-corrected chi connectivity index (χ2v) is 8.49. The zero-order valence-corrected chi connectivity index (χ0v) is 19.6. The Hall–Kier alpha value is -4.70. The predicted molar refractivity (Wildman–Crippen MR) is 137 cm³/mol. The van der Waals surface area contributed by atoms with E-state index >= 15 is 0 Å². The molecule has 0 fully saturated rings. The van der Waals surface area contributed by atoms with Crippen LogP contribution in [0.1, 0.15) is 35.2 Å². The highest BCUT2D eigenvalue weighted by molar-refractivity contribution is 5.85. The molecule has 7 nitrogen and oxygen atoms in total. The van der Waals surface area contributed by atoms with Crippen molar-refractivity contribution in [1.82, 2.24) is 20.6 Å². The molecule has 5 rings (SSSR count). The Morgan fingerprint density at radius 2 is 1.91 bits per heavy atom. The third kappa shape index (κ3) is 4.06. The third-order valence-corrected chi connectivity index (χ3v) is 6.04. The van der Waals surface area contributed by atoms with Crippen molar-refractivity contribution >= 4 is 16.7 Å². The van der Waals surface area contributed by atoms with Crippen molar-refractivity contribution in [2.45, 2.75) is 26.8 Å². The van der Waals surface area contributed by atoms with Crippen LogP contribution in [0.5, 0.6) is 0 Å². The monoisotopic (exact) mass is 461 g/mol. The molecular weight excluding hydrogens is 438 g/mol. The molecule has 0 spiro atoms. The maximum Gasteiger partial charge on any atom is 0.206 e. The van der Waals surface area contributed by atoms with Crippen molar-refractivity contribution in [3.8, 4) is 35.1 Å². The summed E-state index contributed by atoms with van der Waals surface area (Å²) in [6, 6.07) is 18.9. The summed E-state index contributed by atoms with van der Waals surface area (Å²) in [5.41, 5.74) is 6.03. The Morgan fingerprint density at radius 1 is 1.09 bits per heavy atom. The lowest BCUT2D eigenvalue weighted by molar-refractivity contribution is 0.605. The van der Waals surface area contributed by atoms with Crippen molar-refractivity contribution in [3.05, 3.63) is 93.1 Å². The molecule has 0 saturated carbocycles. The van der Waals surface area contributed by atoms with Gasteiger partial charge in [-0.25, -0.2) is 0 Å². The van der Waals surface area contributed by atoms with E-state index in [0.717, 1.165) is 33.5 Å². The summed E-state index contributed by atoms with van der Waals surface area (Å²) in [6.07, 6.45) is 5.59. The molecule has 172 valence electrons. The fourth-order valence-corrected chi connectivity index (χ4v) is 4.31. The number of nitrogens with one attached hydrogen (secondary N) is 2. The van der Waals surface area contributed by atoms with E-state index in [2.05, 4.69) is 31.9 Å². The fraction of sp³-hybridized carbons (Fsp3) is 0.143. The van der Waals surface area contributed by atoms with Crippen molar-refractivity contribution < 1.29 is 4.42 Å². The van der Waals surface area contributed by atoms with E-state index in [-0.39, 0.29) is 11.5 Å². The van der Waals surface area contributed by atoms with Gasteiger partial charge in [0.2, 0.25) is 5.82 Å². The number of aryl methyl sites for hydroxylation is 1. The maximum atomic E-state index is 13.4. The molecular formula is C28H23N5O2.